The van der Waals surface area contributed by atoms with Crippen LogP contribution in [0.1, 0.15) is 39.7 Å². The van der Waals surface area contributed by atoms with Crippen molar-refractivity contribution in [3.05, 3.63) is 28.8 Å². The fourth-order valence-electron chi connectivity index (χ4n) is 2.23. The molecule has 1 aromatic carbocycles. The van der Waals surface area contributed by atoms with Crippen LogP contribution in [0.3, 0.4) is 0 Å². The Labute approximate surface area is 201 Å². The van der Waals surface area contributed by atoms with E-state index in [1.54, 1.807) is 12.1 Å². The Balaban J connectivity index is 0.00000841. The Morgan fingerprint density at radius 3 is 2.43 bits per heavy atom. The predicted molar refractivity (Wildman–Crippen MR) is 133 cm³/mol. The fourth-order valence-corrected chi connectivity index (χ4v) is 2.40. The normalized spacial score (nSPS) is 11.2. The number of aliphatic imine (C=N–C) groups is 1. The van der Waals surface area contributed by atoms with Crippen LogP contribution in [0.25, 0.3) is 0 Å². The summed E-state index contributed by atoms with van der Waals surface area (Å²) in [6, 6.07) is 5.39. The SMILES string of the molecule is CCNC(=NCCC(=O)Nc1cccc(Cl)c1C)NCCNC(=O)OC(C)(C)C.I. The van der Waals surface area contributed by atoms with Crippen LogP contribution in [0.2, 0.25) is 5.02 Å². The molecule has 0 saturated heterocycles. The summed E-state index contributed by atoms with van der Waals surface area (Å²) in [5.41, 5.74) is 1.00. The Morgan fingerprint density at radius 1 is 1.13 bits per heavy atom. The summed E-state index contributed by atoms with van der Waals surface area (Å²) in [7, 11) is 0. The lowest BCUT2D eigenvalue weighted by Crippen LogP contribution is -2.42. The van der Waals surface area contributed by atoms with E-state index < -0.39 is 11.7 Å². The highest BCUT2D eigenvalue weighted by atomic mass is 127. The van der Waals surface area contributed by atoms with E-state index in [4.69, 9.17) is 16.3 Å². The maximum atomic E-state index is 12.1. The molecule has 0 fully saturated rings. The van der Waals surface area contributed by atoms with Crippen molar-refractivity contribution in [2.24, 2.45) is 4.99 Å². The summed E-state index contributed by atoms with van der Waals surface area (Å²) in [5.74, 6) is 0.437. The summed E-state index contributed by atoms with van der Waals surface area (Å²) in [6.45, 7) is 11.1. The van der Waals surface area contributed by atoms with Crippen molar-refractivity contribution in [2.75, 3.05) is 31.5 Å². The number of benzene rings is 1. The first-order chi connectivity index (χ1) is 13.6. The minimum Gasteiger partial charge on any atom is -0.444 e. The van der Waals surface area contributed by atoms with E-state index in [0.29, 0.717) is 42.8 Å². The van der Waals surface area contributed by atoms with Gasteiger partial charge in [-0.2, -0.15) is 0 Å². The van der Waals surface area contributed by atoms with Gasteiger partial charge in [0.05, 0.1) is 6.54 Å². The summed E-state index contributed by atoms with van der Waals surface area (Å²) < 4.78 is 5.17. The summed E-state index contributed by atoms with van der Waals surface area (Å²) in [5, 5.41) is 12.3. The highest BCUT2D eigenvalue weighted by Crippen LogP contribution is 2.22. The van der Waals surface area contributed by atoms with E-state index in [1.165, 1.54) is 0 Å². The lowest BCUT2D eigenvalue weighted by molar-refractivity contribution is -0.116. The van der Waals surface area contributed by atoms with E-state index in [0.717, 1.165) is 5.56 Å². The largest absolute Gasteiger partial charge is 0.444 e. The van der Waals surface area contributed by atoms with E-state index in [-0.39, 0.29) is 36.3 Å². The van der Waals surface area contributed by atoms with Gasteiger partial charge in [-0.1, -0.05) is 17.7 Å². The van der Waals surface area contributed by atoms with Gasteiger partial charge in [-0.15, -0.1) is 24.0 Å². The number of nitrogens with zero attached hydrogens (tertiary/aromatic N) is 1. The third-order valence-corrected chi connectivity index (χ3v) is 3.99. The van der Waals surface area contributed by atoms with Gasteiger partial charge >= 0.3 is 6.09 Å². The molecule has 0 unspecified atom stereocenters. The zero-order valence-electron chi connectivity index (χ0n) is 18.2. The Hall–Kier alpha value is -1.75. The second-order valence-electron chi connectivity index (χ2n) is 7.33. The summed E-state index contributed by atoms with van der Waals surface area (Å²) in [6.07, 6.45) is -0.229. The number of hydrogen-bond acceptors (Lipinski definition) is 4. The second kappa shape index (κ2) is 14.3. The summed E-state index contributed by atoms with van der Waals surface area (Å²) in [4.78, 5) is 28.1. The topological polar surface area (TPSA) is 104 Å². The molecule has 0 bridgehead atoms. The van der Waals surface area contributed by atoms with Crippen LogP contribution in [0.15, 0.2) is 23.2 Å². The number of ether oxygens (including phenoxy) is 1. The maximum absolute atomic E-state index is 12.1. The molecule has 0 aliphatic rings. The molecular weight excluding hydrogens is 521 g/mol. The first-order valence-corrected chi connectivity index (χ1v) is 10.0. The van der Waals surface area contributed by atoms with Crippen molar-refractivity contribution in [1.82, 2.24) is 16.0 Å². The summed E-state index contributed by atoms with van der Waals surface area (Å²) >= 11 is 6.07. The molecule has 0 radical (unpaired) electrons. The highest BCUT2D eigenvalue weighted by molar-refractivity contribution is 14.0. The molecule has 2 amide bonds. The van der Waals surface area contributed by atoms with Gasteiger partial charge in [0, 0.05) is 36.8 Å². The van der Waals surface area contributed by atoms with Crippen molar-refractivity contribution in [1.29, 1.82) is 0 Å². The van der Waals surface area contributed by atoms with Gasteiger partial charge in [-0.05, 0) is 52.3 Å². The van der Waals surface area contributed by atoms with Gasteiger partial charge in [0.25, 0.3) is 0 Å². The quantitative estimate of drug-likeness (QED) is 0.170. The zero-order valence-corrected chi connectivity index (χ0v) is 21.3. The average Bonchev–Trinajstić information content (AvgIpc) is 2.61. The molecule has 0 atom stereocenters. The van der Waals surface area contributed by atoms with Crippen LogP contribution in [-0.2, 0) is 9.53 Å². The first-order valence-electron chi connectivity index (χ1n) is 9.66. The molecule has 0 aliphatic carbocycles. The van der Waals surface area contributed by atoms with Crippen molar-refractivity contribution in [3.8, 4) is 0 Å². The number of amides is 2. The number of halogens is 2. The number of alkyl carbamates (subject to hydrolysis) is 1. The number of carbonyl (C=O) groups excluding carboxylic acids is 2. The lowest BCUT2D eigenvalue weighted by atomic mass is 10.2. The van der Waals surface area contributed by atoms with E-state index in [9.17, 15) is 9.59 Å². The predicted octanol–water partition coefficient (Wildman–Crippen LogP) is 3.67. The third-order valence-electron chi connectivity index (χ3n) is 3.58. The van der Waals surface area contributed by atoms with Crippen LogP contribution in [0.4, 0.5) is 10.5 Å². The number of carbonyl (C=O) groups is 2. The molecule has 10 heteroatoms. The van der Waals surface area contributed by atoms with Crippen LogP contribution in [-0.4, -0.2) is 49.7 Å². The van der Waals surface area contributed by atoms with Crippen LogP contribution in [0.5, 0.6) is 0 Å². The van der Waals surface area contributed by atoms with Gasteiger partial charge in [-0.25, -0.2) is 4.79 Å². The molecule has 0 heterocycles. The fraction of sp³-hybridized carbons (Fsp3) is 0.550. The molecular formula is C20H33ClIN5O3. The Kier molecular flexibility index (Phi) is 13.5. The van der Waals surface area contributed by atoms with Crippen LogP contribution >= 0.6 is 35.6 Å². The number of guanidine groups is 1. The molecule has 8 nitrogen and oxygen atoms in total. The van der Waals surface area contributed by atoms with E-state index in [1.807, 2.05) is 40.7 Å². The molecule has 4 N–H and O–H groups in total. The standard InChI is InChI=1S/C20H32ClN5O3.HI/c1-6-22-18(24-12-13-25-19(28)29-20(3,4)5)23-11-10-17(27)26-16-9-7-8-15(21)14(16)2;/h7-9H,6,10-13H2,1-5H3,(H,25,28)(H,26,27)(H2,22,23,24);1H. The van der Waals surface area contributed by atoms with Crippen molar-refractivity contribution >= 4 is 59.2 Å². The number of anilines is 1. The first kappa shape index (κ1) is 28.2. The smallest absolute Gasteiger partial charge is 0.407 e. The van der Waals surface area contributed by atoms with Crippen LogP contribution < -0.4 is 21.3 Å². The monoisotopic (exact) mass is 553 g/mol. The van der Waals surface area contributed by atoms with Gasteiger partial charge < -0.3 is 26.0 Å². The number of rotatable bonds is 8. The molecule has 0 aromatic heterocycles. The lowest BCUT2D eigenvalue weighted by Gasteiger charge is -2.19. The highest BCUT2D eigenvalue weighted by Gasteiger charge is 2.15. The minimum absolute atomic E-state index is 0. The molecule has 30 heavy (non-hydrogen) atoms. The van der Waals surface area contributed by atoms with Crippen LogP contribution in [0, 0.1) is 6.92 Å². The Morgan fingerprint density at radius 2 is 1.80 bits per heavy atom. The molecule has 1 aromatic rings. The third kappa shape index (κ3) is 12.1. The molecule has 1 rings (SSSR count). The zero-order chi connectivity index (χ0) is 21.9. The van der Waals surface area contributed by atoms with Crippen molar-refractivity contribution in [3.63, 3.8) is 0 Å². The number of nitrogens with one attached hydrogen (secondary N) is 4. The van der Waals surface area contributed by atoms with Gasteiger partial charge in [0.1, 0.15) is 5.60 Å². The van der Waals surface area contributed by atoms with Crippen molar-refractivity contribution in [2.45, 2.75) is 46.6 Å². The average molecular weight is 554 g/mol. The van der Waals surface area contributed by atoms with Gasteiger partial charge in [-0.3, -0.25) is 9.79 Å². The Bertz CT molecular complexity index is 723. The molecule has 0 saturated carbocycles. The van der Waals surface area contributed by atoms with E-state index in [2.05, 4.69) is 26.3 Å². The minimum atomic E-state index is -0.530. The van der Waals surface area contributed by atoms with Gasteiger partial charge in [0.15, 0.2) is 5.96 Å². The second-order valence-corrected chi connectivity index (χ2v) is 7.73. The molecule has 0 spiro atoms. The van der Waals surface area contributed by atoms with E-state index >= 15 is 0 Å². The molecule has 0 aliphatic heterocycles. The maximum Gasteiger partial charge on any atom is 0.407 e. The number of hydrogen-bond donors (Lipinski definition) is 4. The van der Waals surface area contributed by atoms with Gasteiger partial charge in [0.2, 0.25) is 5.91 Å². The van der Waals surface area contributed by atoms with Crippen molar-refractivity contribution < 1.29 is 14.3 Å². The molecule has 170 valence electrons.